The van der Waals surface area contributed by atoms with Gasteiger partial charge < -0.3 is 9.88 Å². The van der Waals surface area contributed by atoms with Crippen molar-refractivity contribution in [3.05, 3.63) is 63.0 Å². The third-order valence-corrected chi connectivity index (χ3v) is 6.70. The van der Waals surface area contributed by atoms with Crippen molar-refractivity contribution in [1.82, 2.24) is 19.9 Å². The van der Waals surface area contributed by atoms with Gasteiger partial charge in [0.1, 0.15) is 5.82 Å². The van der Waals surface area contributed by atoms with E-state index in [2.05, 4.69) is 25.8 Å². The molecule has 0 atom stereocenters. The van der Waals surface area contributed by atoms with Crippen LogP contribution in [0.15, 0.2) is 40.6 Å². The number of hydrogen-bond acceptors (Lipinski definition) is 6. The fourth-order valence-electron chi connectivity index (χ4n) is 4.33. The van der Waals surface area contributed by atoms with Crippen LogP contribution in [0.1, 0.15) is 36.1 Å². The van der Waals surface area contributed by atoms with E-state index >= 15 is 0 Å². The predicted molar refractivity (Wildman–Crippen MR) is 116 cm³/mol. The summed E-state index contributed by atoms with van der Waals surface area (Å²) in [6.45, 7) is 4.52. The van der Waals surface area contributed by atoms with Crippen molar-refractivity contribution in [2.24, 2.45) is 0 Å². The number of pyridine rings is 1. The van der Waals surface area contributed by atoms with Crippen LogP contribution in [0.5, 0.6) is 0 Å². The third kappa shape index (κ3) is 3.84. The van der Waals surface area contributed by atoms with Crippen molar-refractivity contribution >= 4 is 17.2 Å². The Morgan fingerprint density at radius 1 is 1.10 bits per heavy atom. The van der Waals surface area contributed by atoms with Crippen LogP contribution in [0, 0.1) is 0 Å². The summed E-state index contributed by atoms with van der Waals surface area (Å²) >= 11 is 1.60. The van der Waals surface area contributed by atoms with Crippen molar-refractivity contribution in [1.29, 1.82) is 0 Å². The van der Waals surface area contributed by atoms with Gasteiger partial charge in [0.15, 0.2) is 5.82 Å². The molecule has 1 saturated heterocycles. The van der Waals surface area contributed by atoms with E-state index in [1.807, 2.05) is 29.8 Å². The molecule has 1 N–H and O–H groups in total. The lowest BCUT2D eigenvalue weighted by molar-refractivity contribution is 0.241. The number of thiophene rings is 1. The van der Waals surface area contributed by atoms with Crippen molar-refractivity contribution in [2.45, 2.75) is 38.8 Å². The first-order valence-corrected chi connectivity index (χ1v) is 11.2. The van der Waals surface area contributed by atoms with Crippen LogP contribution in [-0.4, -0.2) is 39.5 Å². The molecule has 2 aliphatic rings. The normalized spacial score (nSPS) is 17.3. The van der Waals surface area contributed by atoms with Crippen LogP contribution in [0.25, 0.3) is 10.7 Å². The Morgan fingerprint density at radius 2 is 2.00 bits per heavy atom. The van der Waals surface area contributed by atoms with E-state index in [1.165, 1.54) is 24.8 Å². The summed E-state index contributed by atoms with van der Waals surface area (Å²) in [7, 11) is 0. The molecule has 0 aliphatic carbocycles. The number of anilines is 1. The Morgan fingerprint density at radius 3 is 2.83 bits per heavy atom. The Hall–Kier alpha value is -2.51. The zero-order valence-corrected chi connectivity index (χ0v) is 17.2. The lowest BCUT2D eigenvalue weighted by atomic mass is 10.1. The highest BCUT2D eigenvalue weighted by Crippen LogP contribution is 2.26. The molecule has 2 aliphatic heterocycles. The predicted octanol–water partition coefficient (Wildman–Crippen LogP) is 3.44. The molecule has 0 radical (unpaired) electrons. The van der Waals surface area contributed by atoms with Gasteiger partial charge in [0.25, 0.3) is 5.56 Å². The molecule has 0 amide bonds. The highest BCUT2D eigenvalue weighted by Gasteiger charge is 2.23. The van der Waals surface area contributed by atoms with Crippen LogP contribution in [-0.2, 0) is 19.5 Å². The van der Waals surface area contributed by atoms with Crippen LogP contribution < -0.4 is 10.5 Å². The smallest absolute Gasteiger partial charge is 0.255 e. The molecule has 3 aromatic heterocycles. The molecule has 7 heteroatoms. The maximum Gasteiger partial charge on any atom is 0.255 e. The van der Waals surface area contributed by atoms with E-state index in [0.717, 1.165) is 54.6 Å². The molecule has 0 unspecified atom stereocenters. The van der Waals surface area contributed by atoms with Crippen molar-refractivity contribution in [2.75, 3.05) is 24.5 Å². The largest absolute Gasteiger partial charge is 0.356 e. The quantitative estimate of drug-likeness (QED) is 0.718. The summed E-state index contributed by atoms with van der Waals surface area (Å²) < 4.78 is 0. The van der Waals surface area contributed by atoms with E-state index in [1.54, 1.807) is 11.3 Å². The van der Waals surface area contributed by atoms with E-state index in [4.69, 9.17) is 4.98 Å². The van der Waals surface area contributed by atoms with E-state index < -0.39 is 0 Å². The summed E-state index contributed by atoms with van der Waals surface area (Å²) in [4.78, 5) is 30.9. The number of fused-ring (bicyclic) bond motifs is 1. The van der Waals surface area contributed by atoms with Crippen LogP contribution in [0.4, 0.5) is 5.82 Å². The zero-order chi connectivity index (χ0) is 19.6. The molecule has 150 valence electrons. The zero-order valence-electron chi connectivity index (χ0n) is 16.4. The number of aromatic nitrogens is 3. The molecule has 5 rings (SSSR count). The average molecular weight is 408 g/mol. The number of H-pyrrole nitrogens is 1. The molecule has 5 heterocycles. The van der Waals surface area contributed by atoms with Gasteiger partial charge in [-0.25, -0.2) is 9.97 Å². The summed E-state index contributed by atoms with van der Waals surface area (Å²) in [5.74, 6) is 1.80. The summed E-state index contributed by atoms with van der Waals surface area (Å²) in [5, 5.41) is 2.00. The minimum Gasteiger partial charge on any atom is -0.356 e. The van der Waals surface area contributed by atoms with Crippen molar-refractivity contribution < 1.29 is 0 Å². The first-order valence-electron chi connectivity index (χ1n) is 10.3. The Balaban J connectivity index is 1.36. The molecule has 29 heavy (non-hydrogen) atoms. The van der Waals surface area contributed by atoms with Gasteiger partial charge >= 0.3 is 0 Å². The highest BCUT2D eigenvalue weighted by molar-refractivity contribution is 7.13. The molecule has 0 saturated carbocycles. The fraction of sp³-hybridized carbons (Fsp3) is 0.409. The SMILES string of the molecule is O=c1[nH]c(-c2cccs2)nc2c1CN(Cc1cccnc1N1CCCCC1)CC2. The lowest BCUT2D eigenvalue weighted by Gasteiger charge is -2.32. The summed E-state index contributed by atoms with van der Waals surface area (Å²) in [6, 6.07) is 8.17. The second-order valence-corrected chi connectivity index (χ2v) is 8.76. The van der Waals surface area contributed by atoms with Crippen LogP contribution in [0.2, 0.25) is 0 Å². The van der Waals surface area contributed by atoms with E-state index in [9.17, 15) is 4.79 Å². The van der Waals surface area contributed by atoms with Crippen molar-refractivity contribution in [3.8, 4) is 10.7 Å². The number of nitrogens with zero attached hydrogens (tertiary/aromatic N) is 4. The van der Waals surface area contributed by atoms with E-state index in [-0.39, 0.29) is 5.56 Å². The molecular formula is C22H25N5OS. The molecule has 1 fully saturated rings. The number of aromatic amines is 1. The molecule has 0 spiro atoms. The average Bonchev–Trinajstić information content (AvgIpc) is 3.30. The first kappa shape index (κ1) is 18.5. The number of piperidine rings is 1. The summed E-state index contributed by atoms with van der Waals surface area (Å²) in [6.07, 6.45) is 6.48. The minimum absolute atomic E-state index is 0.00876. The number of rotatable bonds is 4. The minimum atomic E-state index is -0.00876. The number of nitrogens with one attached hydrogen (secondary N) is 1. The number of hydrogen-bond donors (Lipinski definition) is 1. The Bertz CT molecular complexity index is 1040. The molecular weight excluding hydrogens is 382 g/mol. The van der Waals surface area contributed by atoms with Gasteiger partial charge in [0.2, 0.25) is 0 Å². The van der Waals surface area contributed by atoms with Gasteiger partial charge in [-0.05, 0) is 36.8 Å². The molecule has 0 aromatic carbocycles. The first-order chi connectivity index (χ1) is 14.3. The van der Waals surface area contributed by atoms with Crippen molar-refractivity contribution in [3.63, 3.8) is 0 Å². The highest BCUT2D eigenvalue weighted by atomic mass is 32.1. The van der Waals surface area contributed by atoms with E-state index in [0.29, 0.717) is 12.4 Å². The molecule has 3 aromatic rings. The van der Waals surface area contributed by atoms with Gasteiger partial charge in [0.05, 0.1) is 16.1 Å². The van der Waals surface area contributed by atoms with Crippen LogP contribution in [0.3, 0.4) is 0 Å². The summed E-state index contributed by atoms with van der Waals surface area (Å²) in [5.41, 5.74) is 2.98. The van der Waals surface area contributed by atoms with Gasteiger partial charge in [0, 0.05) is 50.9 Å². The third-order valence-electron chi connectivity index (χ3n) is 5.82. The maximum atomic E-state index is 12.8. The standard InChI is InChI=1S/C22H25N5OS/c28-22-17-15-26(12-8-18(17)24-20(25-22)19-7-5-13-29-19)14-16-6-4-9-23-21(16)27-10-2-1-3-11-27/h4-7,9,13H,1-3,8,10-12,14-15H2,(H,24,25,28). The van der Waals surface area contributed by atoms with Gasteiger partial charge in [-0.15, -0.1) is 11.3 Å². The maximum absolute atomic E-state index is 12.8. The second kappa shape index (κ2) is 8.08. The molecule has 0 bridgehead atoms. The second-order valence-electron chi connectivity index (χ2n) is 7.81. The lowest BCUT2D eigenvalue weighted by Crippen LogP contribution is -2.36. The Kier molecular flexibility index (Phi) is 5.16. The van der Waals surface area contributed by atoms with Gasteiger partial charge in [-0.2, -0.15) is 0 Å². The monoisotopic (exact) mass is 407 g/mol. The Labute approximate surface area is 174 Å². The van der Waals surface area contributed by atoms with Crippen LogP contribution >= 0.6 is 11.3 Å². The topological polar surface area (TPSA) is 65.1 Å². The van der Waals surface area contributed by atoms with Gasteiger partial charge in [-0.3, -0.25) is 9.69 Å². The molecule has 6 nitrogen and oxygen atoms in total. The van der Waals surface area contributed by atoms with Gasteiger partial charge in [-0.1, -0.05) is 12.1 Å². The fourth-order valence-corrected chi connectivity index (χ4v) is 5.00.